The first-order chi connectivity index (χ1) is 45.1. The second kappa shape index (κ2) is 20.3. The van der Waals surface area contributed by atoms with E-state index in [0.717, 1.165) is 139 Å². The smallest absolute Gasteiger partial charge is 0.271 e. The first-order valence-electron chi connectivity index (χ1n) is 33.0. The summed E-state index contributed by atoms with van der Waals surface area (Å²) in [5.74, 6) is 6.23. The van der Waals surface area contributed by atoms with Gasteiger partial charge in [-0.25, -0.2) is 9.97 Å². The first kappa shape index (κ1) is 56.0. The van der Waals surface area contributed by atoms with Gasteiger partial charge in [-0.3, -0.25) is 19.6 Å². The second-order valence-corrected chi connectivity index (χ2v) is 30.1. The fraction of sp³-hybridized carbons (Fsp3) is 0.195. The van der Waals surface area contributed by atoms with Crippen LogP contribution in [-0.2, 0) is 21.7 Å². The molecule has 6 aliphatic rings. The molecule has 4 aliphatic heterocycles. The number of aromatic nitrogens is 2. The molecule has 2 aliphatic carbocycles. The van der Waals surface area contributed by atoms with Crippen LogP contribution >= 0.6 is 11.3 Å². The molecule has 0 radical (unpaired) electrons. The molecule has 18 rings (SSSR count). The van der Waals surface area contributed by atoms with Crippen molar-refractivity contribution in [3.8, 4) is 23.0 Å². The molecule has 0 N–H and O–H groups in total. The predicted octanol–water partition coefficient (Wildman–Crippen LogP) is 18.1. The molecule has 0 saturated heterocycles. The molecule has 11 heteroatoms. The molecule has 93 heavy (non-hydrogen) atoms. The highest BCUT2D eigenvalue weighted by molar-refractivity contribution is 7.33. The van der Waals surface area contributed by atoms with Gasteiger partial charge in [-0.05, 0) is 171 Å². The molecule has 0 amide bonds. The van der Waals surface area contributed by atoms with Crippen molar-refractivity contribution in [2.45, 2.75) is 103 Å². The third-order valence-electron chi connectivity index (χ3n) is 21.5. The highest BCUT2D eigenvalue weighted by Crippen LogP contribution is 2.54. The van der Waals surface area contributed by atoms with Crippen LogP contribution in [0.2, 0.25) is 0 Å². The minimum Gasteiger partial charge on any atom is -0.458 e. The van der Waals surface area contributed by atoms with Crippen LogP contribution in [0.1, 0.15) is 103 Å². The Morgan fingerprint density at radius 2 is 0.806 bits per heavy atom. The van der Waals surface area contributed by atoms with E-state index >= 15 is 0 Å². The van der Waals surface area contributed by atoms with Gasteiger partial charge in [0.25, 0.3) is 13.4 Å². The van der Waals surface area contributed by atoms with Gasteiger partial charge in [0.2, 0.25) is 0 Å². The molecule has 0 spiro atoms. The Morgan fingerprint density at radius 1 is 0.387 bits per heavy atom. The molecule has 0 fully saturated rings. The van der Waals surface area contributed by atoms with Crippen LogP contribution in [0.15, 0.2) is 231 Å². The van der Waals surface area contributed by atoms with Gasteiger partial charge in [0.05, 0.1) is 5.69 Å². The van der Waals surface area contributed by atoms with Crippen molar-refractivity contribution in [1.29, 1.82) is 0 Å². The Labute approximate surface area is 549 Å². The lowest BCUT2D eigenvalue weighted by molar-refractivity contribution is 0.332. The van der Waals surface area contributed by atoms with E-state index in [2.05, 4.69) is 306 Å². The van der Waals surface area contributed by atoms with Crippen LogP contribution < -0.4 is 61.2 Å². The number of thiophene rings is 1. The predicted molar refractivity (Wildman–Crippen MR) is 389 cm³/mol. The van der Waals surface area contributed by atoms with E-state index in [4.69, 9.17) is 19.4 Å². The van der Waals surface area contributed by atoms with Gasteiger partial charge >= 0.3 is 0 Å². The van der Waals surface area contributed by atoms with E-state index in [9.17, 15) is 0 Å². The minimum atomic E-state index is -0.260. The highest BCUT2D eigenvalue weighted by Gasteiger charge is 2.50. The van der Waals surface area contributed by atoms with Crippen molar-refractivity contribution in [2.24, 2.45) is 0 Å². The summed E-state index contributed by atoms with van der Waals surface area (Å²) in [6.07, 6.45) is 4.48. The molecular weight excluding hydrogens is 1150 g/mol. The summed E-state index contributed by atoms with van der Waals surface area (Å²) >= 11 is 1.89. The van der Waals surface area contributed by atoms with Crippen LogP contribution in [0, 0.1) is 0 Å². The number of pyridine rings is 2. The molecule has 9 aromatic carbocycles. The number of benzene rings is 9. The van der Waals surface area contributed by atoms with E-state index in [1.54, 1.807) is 0 Å². The van der Waals surface area contributed by atoms with Crippen molar-refractivity contribution < 1.29 is 9.47 Å². The maximum Gasteiger partial charge on any atom is 0.271 e. The van der Waals surface area contributed by atoms with Crippen molar-refractivity contribution in [3.63, 3.8) is 0 Å². The summed E-state index contributed by atoms with van der Waals surface area (Å²) < 4.78 is 17.8. The molecule has 0 atom stereocenters. The third-order valence-corrected chi connectivity index (χ3v) is 22.7. The van der Waals surface area contributed by atoms with Gasteiger partial charge in [-0.1, -0.05) is 183 Å². The topological polar surface area (TPSA) is 57.2 Å². The Kier molecular flexibility index (Phi) is 12.2. The lowest BCUT2D eigenvalue weighted by atomic mass is 9.32. The van der Waals surface area contributed by atoms with Crippen LogP contribution in [0.3, 0.4) is 0 Å². The number of ether oxygens (including phenoxy) is 2. The van der Waals surface area contributed by atoms with Crippen molar-refractivity contribution in [3.05, 3.63) is 253 Å². The number of anilines is 12. The number of hydrogen-bond donors (Lipinski definition) is 0. The fourth-order valence-corrected chi connectivity index (χ4v) is 17.7. The Hall–Kier alpha value is -9.83. The van der Waals surface area contributed by atoms with Gasteiger partial charge in [-0.15, -0.1) is 11.3 Å². The molecule has 3 aromatic heterocycles. The Morgan fingerprint density at radius 3 is 1.32 bits per heavy atom. The SMILES string of the molecule is CC1(C)CCC(C)(C)c2cc(N3c4ccccc4B4c5cc6c(cc5Oc5cc(N(c7ccccc7)c7ccccc7)nc3c54)Oc3cc(N(c4ccccc4)c4ccccc4)nc4c3B6c3sc5ccccc5c3N4c3ccc4c(c3)C(C)(C)CCC4(C)C)ccc21. The van der Waals surface area contributed by atoms with Crippen molar-refractivity contribution in [1.82, 2.24) is 9.97 Å². The van der Waals surface area contributed by atoms with Gasteiger partial charge in [0, 0.05) is 83.8 Å². The van der Waals surface area contributed by atoms with E-state index < -0.39 is 0 Å². The molecule has 0 unspecified atom stereocenters. The monoisotopic (exact) mass is 1220 g/mol. The lowest BCUT2D eigenvalue weighted by Crippen LogP contribution is -2.63. The zero-order chi connectivity index (χ0) is 62.9. The maximum absolute atomic E-state index is 7.67. The van der Waals surface area contributed by atoms with Crippen LogP contribution in [0.25, 0.3) is 10.1 Å². The Balaban J connectivity index is 0.887. The average molecular weight is 1230 g/mol. The number of para-hydroxylation sites is 5. The number of nitrogens with zero attached hydrogens (tertiary/aromatic N) is 6. The maximum atomic E-state index is 7.67. The summed E-state index contributed by atoms with van der Waals surface area (Å²) in [6, 6.07) is 83.8. The van der Waals surface area contributed by atoms with E-state index in [1.807, 2.05) is 11.3 Å². The van der Waals surface area contributed by atoms with Gasteiger partial charge in [0.1, 0.15) is 46.3 Å². The lowest BCUT2D eigenvalue weighted by Gasteiger charge is -2.44. The Bertz CT molecular complexity index is 4970. The third kappa shape index (κ3) is 8.58. The largest absolute Gasteiger partial charge is 0.458 e. The minimum absolute atomic E-state index is 0.0220. The quantitative estimate of drug-likeness (QED) is 0.140. The zero-order valence-electron chi connectivity index (χ0n) is 53.8. The fourth-order valence-electron chi connectivity index (χ4n) is 16.4. The summed E-state index contributed by atoms with van der Waals surface area (Å²) in [6.45, 7) is 18.8. The molecule has 7 heterocycles. The van der Waals surface area contributed by atoms with Crippen molar-refractivity contribution in [2.75, 3.05) is 19.6 Å². The second-order valence-electron chi connectivity index (χ2n) is 29.0. The summed E-state index contributed by atoms with van der Waals surface area (Å²) in [5, 5.41) is 1.20. The number of fused-ring (bicyclic) bond motifs is 12. The highest BCUT2D eigenvalue weighted by atomic mass is 32.1. The van der Waals surface area contributed by atoms with Crippen LogP contribution in [-0.4, -0.2) is 23.4 Å². The molecule has 452 valence electrons. The molecule has 12 aromatic rings. The van der Waals surface area contributed by atoms with Crippen molar-refractivity contribution >= 4 is 136 Å². The summed E-state index contributed by atoms with van der Waals surface area (Å²) in [7, 11) is 0. The number of hydrogen-bond acceptors (Lipinski definition) is 9. The zero-order valence-corrected chi connectivity index (χ0v) is 54.6. The van der Waals surface area contributed by atoms with Crippen LogP contribution in [0.4, 0.5) is 68.8 Å². The van der Waals surface area contributed by atoms with Gasteiger partial charge in [-0.2, -0.15) is 0 Å². The molecule has 8 nitrogen and oxygen atoms in total. The van der Waals surface area contributed by atoms with E-state index in [0.29, 0.717) is 0 Å². The molecular formula is C82H70B2N6O2S. The van der Waals surface area contributed by atoms with Gasteiger partial charge in [0.15, 0.2) is 0 Å². The molecule has 0 saturated carbocycles. The number of rotatable bonds is 8. The normalized spacial score (nSPS) is 16.6. The average Bonchev–Trinajstić information content (AvgIpc) is 1.65. The summed E-state index contributed by atoms with van der Waals surface area (Å²) in [5.41, 5.74) is 19.5. The van der Waals surface area contributed by atoms with E-state index in [1.165, 1.54) is 42.6 Å². The first-order valence-corrected chi connectivity index (χ1v) is 33.8. The summed E-state index contributed by atoms with van der Waals surface area (Å²) in [4.78, 5) is 21.4. The molecule has 0 bridgehead atoms. The van der Waals surface area contributed by atoms with Crippen LogP contribution in [0.5, 0.6) is 23.0 Å². The van der Waals surface area contributed by atoms with Gasteiger partial charge < -0.3 is 9.47 Å². The van der Waals surface area contributed by atoms with E-state index in [-0.39, 0.29) is 35.1 Å². The standard InChI is InChI=1S/C82H70B2N6O2S/c1-79(2)41-43-81(5,6)60-45-55(37-39-58(60)79)89-65-35-23-22-34-62(65)83-63-47-64-67(48-66(63)91-68-49-71(85-77(89)73(68)83)87(51-25-13-9-14-26-51)52-27-15-10-16-28-52)92-69-50-72(88(53-29-17-11-18-30-53)54-31-19-12-20-32-54)86-78-74(69)84(64)76-75(57-33-21-24-36-70(57)93-76)90(78)56-38-40-59-61(46-56)82(7,8)44-42-80(59,3)4/h9-40,45-50H,41-44H2,1-8H3.